The molecule has 0 aliphatic heterocycles. The van der Waals surface area contributed by atoms with Gasteiger partial charge in [-0.05, 0) is 19.3 Å². The van der Waals surface area contributed by atoms with E-state index >= 15 is 0 Å². The first-order chi connectivity index (χ1) is 6.83. The summed E-state index contributed by atoms with van der Waals surface area (Å²) in [5.41, 5.74) is 0. The van der Waals surface area contributed by atoms with E-state index in [9.17, 15) is 0 Å². The van der Waals surface area contributed by atoms with Crippen molar-refractivity contribution in [3.05, 3.63) is 24.3 Å². The zero-order valence-corrected chi connectivity index (χ0v) is 9.45. The summed E-state index contributed by atoms with van der Waals surface area (Å²) < 4.78 is 0. The molecule has 0 fully saturated rings. The Morgan fingerprint density at radius 3 is 1.93 bits per heavy atom. The summed E-state index contributed by atoms with van der Waals surface area (Å²) in [5.74, 6) is 0. The largest absolute Gasteiger partial charge is 0.396 e. The van der Waals surface area contributed by atoms with E-state index < -0.39 is 0 Å². The molecule has 0 bridgehead atoms. The average Bonchev–Trinajstić information content (AvgIpc) is 2.21. The van der Waals surface area contributed by atoms with Crippen molar-refractivity contribution in [2.75, 3.05) is 13.2 Å². The van der Waals surface area contributed by atoms with Gasteiger partial charge in [-0.1, -0.05) is 44.6 Å². The maximum Gasteiger partial charge on any atom is 0.0612 e. The van der Waals surface area contributed by atoms with E-state index in [1.807, 2.05) is 12.2 Å². The van der Waals surface area contributed by atoms with Crippen molar-refractivity contribution in [3.63, 3.8) is 0 Å². The van der Waals surface area contributed by atoms with Crippen molar-refractivity contribution in [3.8, 4) is 0 Å². The predicted molar refractivity (Wildman–Crippen MR) is 62.3 cm³/mol. The quantitative estimate of drug-likeness (QED) is 0.647. The smallest absolute Gasteiger partial charge is 0.0612 e. The average molecular weight is 200 g/mol. The van der Waals surface area contributed by atoms with Crippen molar-refractivity contribution in [2.45, 2.75) is 39.5 Å². The van der Waals surface area contributed by atoms with Crippen molar-refractivity contribution < 1.29 is 10.2 Å². The lowest BCUT2D eigenvalue weighted by Gasteiger charge is -1.79. The van der Waals surface area contributed by atoms with Gasteiger partial charge in [0.25, 0.3) is 0 Å². The Bertz CT molecular complexity index is 112. The Hall–Kier alpha value is -0.600. The molecule has 0 unspecified atom stereocenters. The number of allylic oxidation sites excluding steroid dienone is 2. The lowest BCUT2D eigenvalue weighted by molar-refractivity contribution is 0.302. The number of aliphatic hydroxyl groups excluding tert-OH is 2. The van der Waals surface area contributed by atoms with E-state index in [0.717, 1.165) is 25.7 Å². The van der Waals surface area contributed by atoms with Crippen LogP contribution in [0.4, 0.5) is 0 Å². The molecule has 2 nitrogen and oxygen atoms in total. The van der Waals surface area contributed by atoms with Gasteiger partial charge in [0.1, 0.15) is 0 Å². The van der Waals surface area contributed by atoms with Crippen LogP contribution in [0.25, 0.3) is 0 Å². The zero-order valence-electron chi connectivity index (χ0n) is 9.45. The molecular formula is C12H24O2. The fourth-order valence-electron chi connectivity index (χ4n) is 0.718. The lowest BCUT2D eigenvalue weighted by Crippen LogP contribution is -1.73. The molecule has 0 heterocycles. The second-order valence-electron chi connectivity index (χ2n) is 2.83. The van der Waals surface area contributed by atoms with Gasteiger partial charge in [-0.2, -0.15) is 0 Å². The zero-order chi connectivity index (χ0) is 11.1. The normalized spacial score (nSPS) is 10.6. The van der Waals surface area contributed by atoms with Crippen molar-refractivity contribution in [1.82, 2.24) is 0 Å². The number of rotatable bonds is 6. The summed E-state index contributed by atoms with van der Waals surface area (Å²) in [6, 6.07) is 0. The Kier molecular flexibility index (Phi) is 20.7. The van der Waals surface area contributed by atoms with Gasteiger partial charge in [0.15, 0.2) is 0 Å². The fraction of sp³-hybridized carbons (Fsp3) is 0.667. The van der Waals surface area contributed by atoms with Gasteiger partial charge in [-0.25, -0.2) is 0 Å². The number of hydrogen-bond donors (Lipinski definition) is 2. The third kappa shape index (κ3) is 22.5. The first-order valence-corrected chi connectivity index (χ1v) is 5.35. The highest BCUT2D eigenvalue weighted by atomic mass is 16.3. The number of unbranched alkanes of at least 4 members (excludes halogenated alkanes) is 1. The van der Waals surface area contributed by atoms with Crippen LogP contribution in [0, 0.1) is 0 Å². The molecule has 2 heteroatoms. The van der Waals surface area contributed by atoms with Gasteiger partial charge in [0.2, 0.25) is 0 Å². The van der Waals surface area contributed by atoms with Gasteiger partial charge < -0.3 is 10.2 Å². The summed E-state index contributed by atoms with van der Waals surface area (Å²) in [5, 5.41) is 16.4. The molecule has 0 spiro atoms. The van der Waals surface area contributed by atoms with Crippen molar-refractivity contribution >= 4 is 0 Å². The fourth-order valence-corrected chi connectivity index (χ4v) is 0.718. The SMILES string of the molecule is CC/C=C/CCO.CCC/C=C/CO. The highest BCUT2D eigenvalue weighted by molar-refractivity contribution is 4.79. The molecule has 0 rings (SSSR count). The van der Waals surface area contributed by atoms with Crippen LogP contribution in [-0.4, -0.2) is 23.4 Å². The monoisotopic (exact) mass is 200 g/mol. The molecule has 0 amide bonds. The highest BCUT2D eigenvalue weighted by Gasteiger charge is 1.69. The van der Waals surface area contributed by atoms with Crippen LogP contribution in [0.2, 0.25) is 0 Å². The molecule has 0 aromatic heterocycles. The third-order valence-electron chi connectivity index (χ3n) is 1.43. The van der Waals surface area contributed by atoms with Crippen LogP contribution in [0.1, 0.15) is 39.5 Å². The van der Waals surface area contributed by atoms with E-state index in [2.05, 4.69) is 19.9 Å². The Balaban J connectivity index is 0. The van der Waals surface area contributed by atoms with Crippen molar-refractivity contribution in [2.24, 2.45) is 0 Å². The van der Waals surface area contributed by atoms with Gasteiger partial charge in [-0.3, -0.25) is 0 Å². The summed E-state index contributed by atoms with van der Waals surface area (Å²) in [7, 11) is 0. The molecule has 0 saturated carbocycles. The Morgan fingerprint density at radius 2 is 1.50 bits per heavy atom. The minimum atomic E-state index is 0.181. The number of hydrogen-bond acceptors (Lipinski definition) is 2. The molecule has 0 aliphatic rings. The first-order valence-electron chi connectivity index (χ1n) is 5.35. The summed E-state index contributed by atoms with van der Waals surface area (Å²) >= 11 is 0. The highest BCUT2D eigenvalue weighted by Crippen LogP contribution is 1.86. The Morgan fingerprint density at radius 1 is 0.857 bits per heavy atom. The maximum atomic E-state index is 8.24. The first kappa shape index (κ1) is 15.9. The molecule has 0 atom stereocenters. The van der Waals surface area contributed by atoms with Gasteiger partial charge >= 0.3 is 0 Å². The standard InChI is InChI=1S/2C6H12O/c2*1-2-3-4-5-6-7/h4-5,7H,2-3,6H2,1H3;3-4,7H,2,5-6H2,1H3/b5-4+;4-3+. The van der Waals surface area contributed by atoms with E-state index in [4.69, 9.17) is 10.2 Å². The van der Waals surface area contributed by atoms with E-state index in [-0.39, 0.29) is 13.2 Å². The molecule has 0 aromatic rings. The molecule has 14 heavy (non-hydrogen) atoms. The molecule has 2 N–H and O–H groups in total. The molecule has 0 saturated heterocycles. The van der Waals surface area contributed by atoms with Crippen LogP contribution in [-0.2, 0) is 0 Å². The lowest BCUT2D eigenvalue weighted by atomic mass is 10.3. The number of aliphatic hydroxyl groups is 2. The van der Waals surface area contributed by atoms with Crippen LogP contribution in [0.3, 0.4) is 0 Å². The van der Waals surface area contributed by atoms with E-state index in [1.54, 1.807) is 6.08 Å². The minimum Gasteiger partial charge on any atom is -0.396 e. The predicted octanol–water partition coefficient (Wildman–Crippen LogP) is 2.67. The van der Waals surface area contributed by atoms with Gasteiger partial charge in [0, 0.05) is 6.61 Å². The third-order valence-corrected chi connectivity index (χ3v) is 1.43. The summed E-state index contributed by atoms with van der Waals surface area (Å²) in [4.78, 5) is 0. The minimum absolute atomic E-state index is 0.181. The van der Waals surface area contributed by atoms with Crippen LogP contribution in [0.5, 0.6) is 0 Å². The molecule has 84 valence electrons. The van der Waals surface area contributed by atoms with Crippen molar-refractivity contribution in [1.29, 1.82) is 0 Å². The molecule has 0 radical (unpaired) electrons. The van der Waals surface area contributed by atoms with Gasteiger partial charge in [0.05, 0.1) is 6.61 Å². The topological polar surface area (TPSA) is 40.5 Å². The molecular weight excluding hydrogens is 176 g/mol. The summed E-state index contributed by atoms with van der Waals surface area (Å²) in [6.07, 6.45) is 11.9. The van der Waals surface area contributed by atoms with Crippen LogP contribution in [0.15, 0.2) is 24.3 Å². The summed E-state index contributed by atoms with van der Waals surface area (Å²) in [6.45, 7) is 4.64. The molecule has 0 aliphatic carbocycles. The molecule has 0 aromatic carbocycles. The second kappa shape index (κ2) is 18.2. The maximum absolute atomic E-state index is 8.24. The van der Waals surface area contributed by atoms with Crippen LogP contribution < -0.4 is 0 Å². The van der Waals surface area contributed by atoms with E-state index in [0.29, 0.717) is 0 Å². The second-order valence-corrected chi connectivity index (χ2v) is 2.83. The van der Waals surface area contributed by atoms with Crippen LogP contribution >= 0.6 is 0 Å². The van der Waals surface area contributed by atoms with E-state index in [1.165, 1.54) is 0 Å². The van der Waals surface area contributed by atoms with Gasteiger partial charge in [-0.15, -0.1) is 0 Å². The Labute approximate surface area is 88.0 Å².